The number of halogens is 1. The molecule has 1 aliphatic rings. The molecule has 5 heteroatoms. The number of benzene rings is 2. The molecule has 1 atom stereocenters. The van der Waals surface area contributed by atoms with E-state index in [0.717, 1.165) is 37.2 Å². The molecule has 28 heavy (non-hydrogen) atoms. The first-order valence-corrected chi connectivity index (χ1v) is 9.87. The average Bonchev–Trinajstić information content (AvgIpc) is 3.17. The Morgan fingerprint density at radius 1 is 1.14 bits per heavy atom. The summed E-state index contributed by atoms with van der Waals surface area (Å²) in [6.07, 6.45) is 1.40. The summed E-state index contributed by atoms with van der Waals surface area (Å²) < 4.78 is 20.3. The lowest BCUT2D eigenvalue weighted by molar-refractivity contribution is -0.122. The molecule has 1 heterocycles. The lowest BCUT2D eigenvalue weighted by Crippen LogP contribution is -2.31. The maximum atomic E-state index is 14.5. The number of nitrogens with one attached hydrogen (secondary N) is 1. The molecular weight excluding hydrogens is 355 g/mol. The van der Waals surface area contributed by atoms with Crippen LogP contribution in [0.2, 0.25) is 0 Å². The molecule has 1 fully saturated rings. The number of amides is 1. The molecule has 1 aliphatic heterocycles. The Balaban J connectivity index is 1.73. The summed E-state index contributed by atoms with van der Waals surface area (Å²) in [5, 5.41) is 2.74. The molecule has 150 valence electrons. The van der Waals surface area contributed by atoms with E-state index in [2.05, 4.69) is 31.0 Å². The molecule has 0 bridgehead atoms. The van der Waals surface area contributed by atoms with Crippen molar-refractivity contribution in [2.24, 2.45) is 0 Å². The highest BCUT2D eigenvalue weighted by atomic mass is 19.1. The van der Waals surface area contributed by atoms with Gasteiger partial charge in [0.05, 0.1) is 5.69 Å². The molecule has 0 spiro atoms. The number of hydrogen-bond donors (Lipinski definition) is 1. The minimum Gasteiger partial charge on any atom is -0.481 e. The Bertz CT molecular complexity index is 839. The highest BCUT2D eigenvalue weighted by Crippen LogP contribution is 2.31. The van der Waals surface area contributed by atoms with Crippen LogP contribution < -0.4 is 15.0 Å². The number of para-hydroxylation sites is 1. The minimum atomic E-state index is -0.749. The number of ether oxygens (including phenoxy) is 1. The van der Waals surface area contributed by atoms with Crippen molar-refractivity contribution < 1.29 is 13.9 Å². The summed E-state index contributed by atoms with van der Waals surface area (Å²) in [5.74, 6) is -0.172. The largest absolute Gasteiger partial charge is 0.481 e. The quantitative estimate of drug-likeness (QED) is 0.777. The topological polar surface area (TPSA) is 41.6 Å². The number of nitrogens with zero attached hydrogens (tertiary/aromatic N) is 1. The van der Waals surface area contributed by atoms with Gasteiger partial charge in [-0.25, -0.2) is 4.39 Å². The van der Waals surface area contributed by atoms with Crippen LogP contribution in [0.3, 0.4) is 0 Å². The lowest BCUT2D eigenvalue weighted by Gasteiger charge is -2.23. The maximum absolute atomic E-state index is 14.5. The lowest BCUT2D eigenvalue weighted by atomic mass is 9.87. The van der Waals surface area contributed by atoms with Gasteiger partial charge in [-0.2, -0.15) is 0 Å². The molecule has 0 saturated carbocycles. The van der Waals surface area contributed by atoms with E-state index in [9.17, 15) is 9.18 Å². The molecular formula is C23H29FN2O2. The Kier molecular flexibility index (Phi) is 5.92. The summed E-state index contributed by atoms with van der Waals surface area (Å²) >= 11 is 0. The van der Waals surface area contributed by atoms with E-state index in [4.69, 9.17) is 4.74 Å². The van der Waals surface area contributed by atoms with Gasteiger partial charge in [0.25, 0.3) is 5.91 Å². The summed E-state index contributed by atoms with van der Waals surface area (Å²) in [6.45, 7) is 9.80. The van der Waals surface area contributed by atoms with Gasteiger partial charge in [-0.05, 0) is 55.0 Å². The second kappa shape index (κ2) is 8.21. The standard InChI is InChI=1S/C23H29FN2O2/c1-16(28-18-10-7-9-17(15-18)23(2,3)4)22(27)25-21-19(24)11-8-12-20(21)26-13-5-6-14-26/h7-12,15-16H,5-6,13-14H2,1-4H3,(H,25,27). The molecule has 2 aromatic rings. The van der Waals surface area contributed by atoms with Crippen LogP contribution in [0.15, 0.2) is 42.5 Å². The van der Waals surface area contributed by atoms with Crippen molar-refractivity contribution in [3.8, 4) is 5.75 Å². The molecule has 3 rings (SSSR count). The number of rotatable bonds is 5. The van der Waals surface area contributed by atoms with Crippen molar-refractivity contribution in [2.45, 2.75) is 52.1 Å². The number of anilines is 2. The number of carbonyl (C=O) groups is 1. The fraction of sp³-hybridized carbons (Fsp3) is 0.435. The van der Waals surface area contributed by atoms with Crippen molar-refractivity contribution in [1.82, 2.24) is 0 Å². The van der Waals surface area contributed by atoms with Gasteiger partial charge in [0, 0.05) is 13.1 Å². The van der Waals surface area contributed by atoms with E-state index in [1.54, 1.807) is 13.0 Å². The van der Waals surface area contributed by atoms with E-state index >= 15 is 0 Å². The fourth-order valence-electron chi connectivity index (χ4n) is 3.38. The highest BCUT2D eigenvalue weighted by molar-refractivity contribution is 5.97. The maximum Gasteiger partial charge on any atom is 0.265 e. The predicted molar refractivity (Wildman–Crippen MR) is 112 cm³/mol. The van der Waals surface area contributed by atoms with Crippen LogP contribution >= 0.6 is 0 Å². The SMILES string of the molecule is CC(Oc1cccc(C(C)(C)C)c1)C(=O)Nc1c(F)cccc1N1CCCC1. The summed E-state index contributed by atoms with van der Waals surface area (Å²) in [7, 11) is 0. The smallest absolute Gasteiger partial charge is 0.265 e. The normalized spacial score (nSPS) is 15.4. The van der Waals surface area contributed by atoms with Gasteiger partial charge in [0.1, 0.15) is 17.3 Å². The molecule has 1 N–H and O–H groups in total. The first-order valence-electron chi connectivity index (χ1n) is 9.87. The number of hydrogen-bond acceptors (Lipinski definition) is 3. The van der Waals surface area contributed by atoms with Crippen molar-refractivity contribution in [3.63, 3.8) is 0 Å². The van der Waals surface area contributed by atoms with Crippen LogP contribution in [0, 0.1) is 5.82 Å². The van der Waals surface area contributed by atoms with Gasteiger partial charge in [-0.1, -0.05) is 39.0 Å². The third kappa shape index (κ3) is 4.64. The van der Waals surface area contributed by atoms with E-state index < -0.39 is 11.9 Å². The van der Waals surface area contributed by atoms with E-state index in [-0.39, 0.29) is 17.0 Å². The molecule has 1 amide bonds. The second-order valence-corrected chi connectivity index (χ2v) is 8.36. The van der Waals surface area contributed by atoms with E-state index in [0.29, 0.717) is 5.75 Å². The Morgan fingerprint density at radius 3 is 2.50 bits per heavy atom. The van der Waals surface area contributed by atoms with Gasteiger partial charge < -0.3 is 15.0 Å². The van der Waals surface area contributed by atoms with Gasteiger partial charge in [-0.15, -0.1) is 0 Å². The fourth-order valence-corrected chi connectivity index (χ4v) is 3.38. The third-order valence-corrected chi connectivity index (χ3v) is 5.07. The zero-order valence-electron chi connectivity index (χ0n) is 17.1. The van der Waals surface area contributed by atoms with Crippen LogP contribution in [0.1, 0.15) is 46.1 Å². The zero-order chi connectivity index (χ0) is 20.3. The van der Waals surface area contributed by atoms with Crippen LogP contribution in [0.4, 0.5) is 15.8 Å². The molecule has 1 saturated heterocycles. The Morgan fingerprint density at radius 2 is 1.82 bits per heavy atom. The van der Waals surface area contributed by atoms with Crippen molar-refractivity contribution in [1.29, 1.82) is 0 Å². The molecule has 0 radical (unpaired) electrons. The van der Waals surface area contributed by atoms with Gasteiger partial charge in [0.2, 0.25) is 0 Å². The van der Waals surface area contributed by atoms with E-state index in [1.807, 2.05) is 30.3 Å². The highest BCUT2D eigenvalue weighted by Gasteiger charge is 2.23. The monoisotopic (exact) mass is 384 g/mol. The molecule has 0 aromatic heterocycles. The molecule has 2 aromatic carbocycles. The first kappa shape index (κ1) is 20.2. The van der Waals surface area contributed by atoms with Crippen LogP contribution in [-0.4, -0.2) is 25.1 Å². The van der Waals surface area contributed by atoms with Gasteiger partial charge >= 0.3 is 0 Å². The van der Waals surface area contributed by atoms with Crippen LogP contribution in [-0.2, 0) is 10.2 Å². The van der Waals surface area contributed by atoms with E-state index in [1.165, 1.54) is 6.07 Å². The van der Waals surface area contributed by atoms with Gasteiger partial charge in [-0.3, -0.25) is 4.79 Å². The van der Waals surface area contributed by atoms with Gasteiger partial charge in [0.15, 0.2) is 6.10 Å². The molecule has 0 aliphatic carbocycles. The summed E-state index contributed by atoms with van der Waals surface area (Å²) in [4.78, 5) is 14.8. The predicted octanol–water partition coefficient (Wildman–Crippen LogP) is 5.13. The van der Waals surface area contributed by atoms with Crippen LogP contribution in [0.25, 0.3) is 0 Å². The average molecular weight is 384 g/mol. The molecule has 1 unspecified atom stereocenters. The summed E-state index contributed by atoms with van der Waals surface area (Å²) in [6, 6.07) is 12.6. The van der Waals surface area contributed by atoms with Crippen molar-refractivity contribution >= 4 is 17.3 Å². The summed E-state index contributed by atoms with van der Waals surface area (Å²) in [5.41, 5.74) is 2.08. The third-order valence-electron chi connectivity index (χ3n) is 5.07. The van der Waals surface area contributed by atoms with Crippen molar-refractivity contribution in [2.75, 3.05) is 23.3 Å². The number of carbonyl (C=O) groups excluding carboxylic acids is 1. The Labute approximate surface area is 166 Å². The Hall–Kier alpha value is -2.56. The van der Waals surface area contributed by atoms with Crippen molar-refractivity contribution in [3.05, 3.63) is 53.8 Å². The minimum absolute atomic E-state index is 0.0112. The second-order valence-electron chi connectivity index (χ2n) is 8.36. The zero-order valence-corrected chi connectivity index (χ0v) is 17.1. The van der Waals surface area contributed by atoms with Crippen LogP contribution in [0.5, 0.6) is 5.75 Å². The molecule has 4 nitrogen and oxygen atoms in total. The first-order chi connectivity index (χ1) is 13.3.